The van der Waals surface area contributed by atoms with Crippen molar-refractivity contribution >= 4 is 29.0 Å². The average Bonchev–Trinajstić information content (AvgIpc) is 3.27. The van der Waals surface area contributed by atoms with E-state index >= 15 is 0 Å². The highest BCUT2D eigenvalue weighted by Gasteiger charge is 2.16. The molecule has 9 heteroatoms. The number of hydrogen-bond acceptors (Lipinski definition) is 7. The topological polar surface area (TPSA) is 97.2 Å². The van der Waals surface area contributed by atoms with Crippen LogP contribution in [0.1, 0.15) is 21.7 Å². The zero-order chi connectivity index (χ0) is 24.2. The van der Waals surface area contributed by atoms with Crippen molar-refractivity contribution in [2.24, 2.45) is 0 Å². The molecule has 1 fully saturated rings. The summed E-state index contributed by atoms with van der Waals surface area (Å²) in [6.07, 6.45) is 1.59. The van der Waals surface area contributed by atoms with Crippen molar-refractivity contribution in [3.05, 3.63) is 83.8 Å². The monoisotopic (exact) mass is 469 g/mol. The molecule has 0 unspecified atom stereocenters. The van der Waals surface area contributed by atoms with E-state index in [1.165, 1.54) is 0 Å². The summed E-state index contributed by atoms with van der Waals surface area (Å²) in [6.45, 7) is 6.76. The van der Waals surface area contributed by atoms with Crippen LogP contribution >= 0.6 is 0 Å². The Morgan fingerprint density at radius 2 is 1.66 bits per heavy atom. The molecule has 1 amide bonds. The first-order valence-corrected chi connectivity index (χ1v) is 11.5. The Kier molecular flexibility index (Phi) is 6.40. The number of benzene rings is 2. The number of rotatable bonds is 6. The second-order valence-electron chi connectivity index (χ2n) is 8.34. The summed E-state index contributed by atoms with van der Waals surface area (Å²) < 4.78 is 7.19. The normalized spacial score (nSPS) is 13.5. The number of amides is 1. The maximum atomic E-state index is 12.9. The first kappa shape index (κ1) is 22.5. The number of aromatic nitrogens is 4. The Labute approximate surface area is 203 Å². The van der Waals surface area contributed by atoms with Crippen LogP contribution < -0.4 is 15.5 Å². The van der Waals surface area contributed by atoms with Crippen molar-refractivity contribution < 1.29 is 9.53 Å². The minimum absolute atomic E-state index is 0.202. The van der Waals surface area contributed by atoms with Gasteiger partial charge < -0.3 is 20.3 Å². The van der Waals surface area contributed by atoms with Crippen molar-refractivity contribution in [2.75, 3.05) is 41.8 Å². The lowest BCUT2D eigenvalue weighted by molar-refractivity contribution is 0.102. The van der Waals surface area contributed by atoms with Crippen molar-refractivity contribution in [1.29, 1.82) is 0 Å². The molecule has 0 saturated carbocycles. The molecule has 4 aromatic rings. The van der Waals surface area contributed by atoms with Gasteiger partial charge in [0.2, 0.25) is 5.95 Å². The van der Waals surface area contributed by atoms with Gasteiger partial charge >= 0.3 is 0 Å². The number of aryl methyl sites for hydroxylation is 1. The van der Waals surface area contributed by atoms with E-state index in [2.05, 4.69) is 30.6 Å². The van der Waals surface area contributed by atoms with Gasteiger partial charge in [0.15, 0.2) is 0 Å². The zero-order valence-corrected chi connectivity index (χ0v) is 19.7. The molecule has 3 heterocycles. The zero-order valence-electron chi connectivity index (χ0n) is 19.7. The second kappa shape index (κ2) is 9.94. The predicted octanol–water partition coefficient (Wildman–Crippen LogP) is 4.11. The summed E-state index contributed by atoms with van der Waals surface area (Å²) in [5.41, 5.74) is 4.67. The molecular weight excluding hydrogens is 442 g/mol. The van der Waals surface area contributed by atoms with E-state index in [-0.39, 0.29) is 5.91 Å². The van der Waals surface area contributed by atoms with Crippen LogP contribution in [0.25, 0.3) is 5.69 Å². The number of carbonyl (C=O) groups excluding carboxylic acids is 1. The third-order valence-corrected chi connectivity index (χ3v) is 5.81. The summed E-state index contributed by atoms with van der Waals surface area (Å²) in [7, 11) is 0. The molecule has 178 valence electrons. The van der Waals surface area contributed by atoms with Gasteiger partial charge in [0.05, 0.1) is 36.4 Å². The largest absolute Gasteiger partial charge is 0.378 e. The Bertz CT molecular complexity index is 1310. The Balaban J connectivity index is 1.26. The van der Waals surface area contributed by atoms with Crippen LogP contribution in [0.2, 0.25) is 0 Å². The van der Waals surface area contributed by atoms with Gasteiger partial charge in [-0.15, -0.1) is 0 Å². The molecule has 2 aromatic heterocycles. The van der Waals surface area contributed by atoms with Gasteiger partial charge in [-0.3, -0.25) is 4.79 Å². The van der Waals surface area contributed by atoms with Gasteiger partial charge in [-0.2, -0.15) is 10.1 Å². The van der Waals surface area contributed by atoms with E-state index in [4.69, 9.17) is 4.74 Å². The van der Waals surface area contributed by atoms with Crippen LogP contribution in [0.3, 0.4) is 0 Å². The van der Waals surface area contributed by atoms with Crippen LogP contribution in [-0.2, 0) is 4.74 Å². The Morgan fingerprint density at radius 1 is 0.943 bits per heavy atom. The summed E-state index contributed by atoms with van der Waals surface area (Å²) >= 11 is 0. The highest BCUT2D eigenvalue weighted by Crippen LogP contribution is 2.22. The number of anilines is 4. The highest BCUT2D eigenvalue weighted by molar-refractivity contribution is 6.05. The highest BCUT2D eigenvalue weighted by atomic mass is 16.5. The third kappa shape index (κ3) is 5.15. The molecule has 2 aromatic carbocycles. The third-order valence-electron chi connectivity index (χ3n) is 5.81. The van der Waals surface area contributed by atoms with E-state index in [1.54, 1.807) is 10.9 Å². The fraction of sp³-hybridized carbons (Fsp3) is 0.231. The van der Waals surface area contributed by atoms with Gasteiger partial charge in [-0.1, -0.05) is 18.2 Å². The number of carbonyl (C=O) groups is 1. The molecular formula is C26H27N7O2. The molecule has 0 atom stereocenters. The number of nitrogens with one attached hydrogen (secondary N) is 2. The van der Waals surface area contributed by atoms with E-state index in [0.717, 1.165) is 41.7 Å². The Morgan fingerprint density at radius 3 is 2.40 bits per heavy atom. The standard InChI is InChI=1S/C26H27N7O2/c1-18-16-24(31-26(28-18)32-12-14-35-15-13-32)29-20-8-10-21(11-9-20)30-25(34)23-17-27-33(19(23)2)22-6-4-3-5-7-22/h3-11,16-17H,12-15H2,1-2H3,(H,30,34)(H,28,29,31). The number of ether oxygens (including phenoxy) is 1. The molecule has 0 spiro atoms. The summed E-state index contributed by atoms with van der Waals surface area (Å²) in [4.78, 5) is 24.2. The lowest BCUT2D eigenvalue weighted by Crippen LogP contribution is -2.37. The van der Waals surface area contributed by atoms with Crippen LogP contribution in [-0.4, -0.2) is 52.0 Å². The maximum absolute atomic E-state index is 12.9. The van der Waals surface area contributed by atoms with E-state index in [1.807, 2.05) is 74.5 Å². The second-order valence-corrected chi connectivity index (χ2v) is 8.34. The predicted molar refractivity (Wildman–Crippen MR) is 136 cm³/mol. The first-order chi connectivity index (χ1) is 17.1. The number of hydrogen-bond donors (Lipinski definition) is 2. The molecule has 5 rings (SSSR count). The molecule has 0 aliphatic carbocycles. The van der Waals surface area contributed by atoms with Crippen LogP contribution in [0, 0.1) is 13.8 Å². The van der Waals surface area contributed by atoms with E-state index < -0.39 is 0 Å². The molecule has 0 bridgehead atoms. The van der Waals surface area contributed by atoms with Crippen LogP contribution in [0.4, 0.5) is 23.1 Å². The van der Waals surface area contributed by atoms with Crippen molar-refractivity contribution in [1.82, 2.24) is 19.7 Å². The van der Waals surface area contributed by atoms with E-state index in [0.29, 0.717) is 30.4 Å². The van der Waals surface area contributed by atoms with Gasteiger partial charge in [0, 0.05) is 36.2 Å². The van der Waals surface area contributed by atoms with Crippen LogP contribution in [0.5, 0.6) is 0 Å². The minimum atomic E-state index is -0.202. The molecule has 35 heavy (non-hydrogen) atoms. The average molecular weight is 470 g/mol. The van der Waals surface area contributed by atoms with Crippen molar-refractivity contribution in [3.63, 3.8) is 0 Å². The molecule has 1 saturated heterocycles. The maximum Gasteiger partial charge on any atom is 0.259 e. The molecule has 1 aliphatic rings. The van der Waals surface area contributed by atoms with Crippen LogP contribution in [0.15, 0.2) is 66.9 Å². The summed E-state index contributed by atoms with van der Waals surface area (Å²) in [5, 5.41) is 10.7. The lowest BCUT2D eigenvalue weighted by atomic mass is 10.2. The van der Waals surface area contributed by atoms with Crippen molar-refractivity contribution in [2.45, 2.75) is 13.8 Å². The fourth-order valence-electron chi connectivity index (χ4n) is 3.97. The van der Waals surface area contributed by atoms with Gasteiger partial charge in [0.25, 0.3) is 5.91 Å². The van der Waals surface area contributed by atoms with Gasteiger partial charge in [-0.25, -0.2) is 9.67 Å². The van der Waals surface area contributed by atoms with Crippen molar-refractivity contribution in [3.8, 4) is 5.69 Å². The lowest BCUT2D eigenvalue weighted by Gasteiger charge is -2.27. The smallest absolute Gasteiger partial charge is 0.259 e. The first-order valence-electron chi connectivity index (χ1n) is 11.5. The summed E-state index contributed by atoms with van der Waals surface area (Å²) in [5.74, 6) is 1.22. The fourth-order valence-corrected chi connectivity index (χ4v) is 3.97. The molecule has 9 nitrogen and oxygen atoms in total. The molecule has 1 aliphatic heterocycles. The Hall–Kier alpha value is -4.24. The van der Waals surface area contributed by atoms with E-state index in [9.17, 15) is 4.79 Å². The molecule has 2 N–H and O–H groups in total. The minimum Gasteiger partial charge on any atom is -0.378 e. The number of para-hydroxylation sites is 1. The number of morpholine rings is 1. The SMILES string of the molecule is Cc1cc(Nc2ccc(NC(=O)c3cnn(-c4ccccc4)c3C)cc2)nc(N2CCOCC2)n1. The molecule has 0 radical (unpaired) electrons. The van der Waals surface area contributed by atoms with Gasteiger partial charge in [0.1, 0.15) is 5.82 Å². The number of nitrogens with zero attached hydrogens (tertiary/aromatic N) is 5. The summed E-state index contributed by atoms with van der Waals surface area (Å²) in [6, 6.07) is 19.2. The quantitative estimate of drug-likeness (QED) is 0.439. The van der Waals surface area contributed by atoms with Gasteiger partial charge in [-0.05, 0) is 50.2 Å².